The van der Waals surface area contributed by atoms with E-state index in [0.29, 0.717) is 29.7 Å². The molecule has 0 bridgehead atoms. The standard InChI is InChI=1S/C15H16O5/c1-15(7-16)8-19-14(20-9-15)11-6-18-12-5-3-2-4-10(12)13(11)17/h2-6,14,16H,7-9H2,1H3. The van der Waals surface area contributed by atoms with Crippen molar-refractivity contribution in [1.82, 2.24) is 0 Å². The Bertz CT molecular complexity index is 667. The van der Waals surface area contributed by atoms with Crippen molar-refractivity contribution in [1.29, 1.82) is 0 Å². The second-order valence-electron chi connectivity index (χ2n) is 5.44. The molecule has 0 saturated carbocycles. The lowest BCUT2D eigenvalue weighted by atomic mass is 9.93. The molecule has 1 aromatic carbocycles. The van der Waals surface area contributed by atoms with Crippen LogP contribution in [0.2, 0.25) is 0 Å². The number of aliphatic hydroxyl groups excluding tert-OH is 1. The average molecular weight is 276 g/mol. The van der Waals surface area contributed by atoms with Crippen LogP contribution in [0, 0.1) is 5.41 Å². The quantitative estimate of drug-likeness (QED) is 0.906. The summed E-state index contributed by atoms with van der Waals surface area (Å²) < 4.78 is 16.6. The highest BCUT2D eigenvalue weighted by molar-refractivity contribution is 5.76. The van der Waals surface area contributed by atoms with Crippen molar-refractivity contribution in [3.8, 4) is 0 Å². The Kier molecular flexibility index (Phi) is 3.33. The Morgan fingerprint density at radius 2 is 2.00 bits per heavy atom. The Labute approximate surface area is 115 Å². The van der Waals surface area contributed by atoms with Crippen molar-refractivity contribution >= 4 is 11.0 Å². The lowest BCUT2D eigenvalue weighted by Gasteiger charge is -2.35. The van der Waals surface area contributed by atoms with Crippen LogP contribution in [0.4, 0.5) is 0 Å². The molecule has 0 amide bonds. The summed E-state index contributed by atoms with van der Waals surface area (Å²) in [5.74, 6) is 0. The highest BCUT2D eigenvalue weighted by atomic mass is 16.7. The molecule has 3 rings (SSSR count). The summed E-state index contributed by atoms with van der Waals surface area (Å²) in [6.07, 6.45) is 0.646. The number of fused-ring (bicyclic) bond motifs is 1. The first kappa shape index (κ1) is 13.3. The first-order chi connectivity index (χ1) is 9.63. The van der Waals surface area contributed by atoms with Crippen LogP contribution < -0.4 is 5.43 Å². The molecule has 5 heteroatoms. The van der Waals surface area contributed by atoms with E-state index in [1.165, 1.54) is 6.26 Å². The molecule has 1 saturated heterocycles. The van der Waals surface area contributed by atoms with Crippen molar-refractivity contribution in [3.05, 3.63) is 46.3 Å². The summed E-state index contributed by atoms with van der Waals surface area (Å²) in [5, 5.41) is 9.77. The van der Waals surface area contributed by atoms with Gasteiger partial charge in [0.2, 0.25) is 5.43 Å². The third-order valence-electron chi connectivity index (χ3n) is 3.51. The van der Waals surface area contributed by atoms with Crippen LogP contribution in [0.3, 0.4) is 0 Å². The van der Waals surface area contributed by atoms with Crippen molar-refractivity contribution in [2.45, 2.75) is 13.2 Å². The zero-order valence-corrected chi connectivity index (χ0v) is 11.2. The van der Waals surface area contributed by atoms with Crippen LogP contribution in [0.5, 0.6) is 0 Å². The smallest absolute Gasteiger partial charge is 0.200 e. The lowest BCUT2D eigenvalue weighted by Crippen LogP contribution is -2.40. The SMILES string of the molecule is CC1(CO)COC(c2coc3ccccc3c2=O)OC1. The van der Waals surface area contributed by atoms with Gasteiger partial charge in [-0.25, -0.2) is 0 Å². The summed E-state index contributed by atoms with van der Waals surface area (Å²) in [5.41, 5.74) is 0.318. The van der Waals surface area contributed by atoms with Crippen LogP contribution in [0.1, 0.15) is 18.8 Å². The molecule has 1 aromatic heterocycles. The molecule has 106 valence electrons. The molecule has 0 spiro atoms. The monoisotopic (exact) mass is 276 g/mol. The van der Waals surface area contributed by atoms with Crippen molar-refractivity contribution in [2.24, 2.45) is 5.41 Å². The van der Waals surface area contributed by atoms with E-state index in [-0.39, 0.29) is 12.0 Å². The first-order valence-electron chi connectivity index (χ1n) is 6.47. The number of para-hydroxylation sites is 1. The highest BCUT2D eigenvalue weighted by Gasteiger charge is 2.34. The van der Waals surface area contributed by atoms with Gasteiger partial charge in [0.15, 0.2) is 6.29 Å². The molecule has 2 heterocycles. The Balaban J connectivity index is 1.92. The molecular weight excluding hydrogens is 260 g/mol. The van der Waals surface area contributed by atoms with E-state index in [4.69, 9.17) is 13.9 Å². The second kappa shape index (κ2) is 5.01. The molecule has 2 aromatic rings. The fourth-order valence-electron chi connectivity index (χ4n) is 2.17. The summed E-state index contributed by atoms with van der Waals surface area (Å²) in [6, 6.07) is 7.05. The number of rotatable bonds is 2. The van der Waals surface area contributed by atoms with Crippen LogP contribution in [-0.4, -0.2) is 24.9 Å². The van der Waals surface area contributed by atoms with Crippen LogP contribution in [-0.2, 0) is 9.47 Å². The fourth-order valence-corrected chi connectivity index (χ4v) is 2.17. The Hall–Kier alpha value is -1.69. The third-order valence-corrected chi connectivity index (χ3v) is 3.51. The van der Waals surface area contributed by atoms with Gasteiger partial charge in [-0.2, -0.15) is 0 Å². The maximum atomic E-state index is 12.4. The molecule has 5 nitrogen and oxygen atoms in total. The Morgan fingerprint density at radius 3 is 2.70 bits per heavy atom. The zero-order valence-electron chi connectivity index (χ0n) is 11.2. The second-order valence-corrected chi connectivity index (χ2v) is 5.44. The van der Waals surface area contributed by atoms with Crippen LogP contribution in [0.15, 0.2) is 39.7 Å². The molecule has 0 radical (unpaired) electrons. The van der Waals surface area contributed by atoms with Gasteiger partial charge in [-0.3, -0.25) is 4.79 Å². The lowest BCUT2D eigenvalue weighted by molar-refractivity contribution is -0.237. The van der Waals surface area contributed by atoms with Gasteiger partial charge >= 0.3 is 0 Å². The first-order valence-corrected chi connectivity index (χ1v) is 6.47. The molecular formula is C15H16O5. The molecule has 1 aliphatic rings. The minimum atomic E-state index is -0.740. The van der Waals surface area contributed by atoms with Gasteiger partial charge in [0, 0.05) is 5.41 Å². The predicted octanol–water partition coefficient (Wildman–Crippen LogP) is 1.84. The van der Waals surface area contributed by atoms with Crippen LogP contribution >= 0.6 is 0 Å². The molecule has 1 N–H and O–H groups in total. The van der Waals surface area contributed by atoms with Crippen LogP contribution in [0.25, 0.3) is 11.0 Å². The highest BCUT2D eigenvalue weighted by Crippen LogP contribution is 2.30. The van der Waals surface area contributed by atoms with Gasteiger partial charge in [0.05, 0.1) is 30.8 Å². The van der Waals surface area contributed by atoms with E-state index in [9.17, 15) is 9.90 Å². The third kappa shape index (κ3) is 2.24. The van der Waals surface area contributed by atoms with Gasteiger partial charge in [-0.05, 0) is 12.1 Å². The van der Waals surface area contributed by atoms with E-state index in [1.54, 1.807) is 18.2 Å². The number of benzene rings is 1. The van der Waals surface area contributed by atoms with Crippen molar-refractivity contribution in [2.75, 3.05) is 19.8 Å². The number of ether oxygens (including phenoxy) is 2. The van der Waals surface area contributed by atoms with Gasteiger partial charge in [-0.15, -0.1) is 0 Å². The largest absolute Gasteiger partial charge is 0.464 e. The molecule has 0 atom stereocenters. The minimum Gasteiger partial charge on any atom is -0.464 e. The summed E-state index contributed by atoms with van der Waals surface area (Å²) >= 11 is 0. The summed E-state index contributed by atoms with van der Waals surface area (Å²) in [6.45, 7) is 2.51. The van der Waals surface area contributed by atoms with E-state index in [2.05, 4.69) is 0 Å². The van der Waals surface area contributed by atoms with Gasteiger partial charge in [0.1, 0.15) is 11.8 Å². The average Bonchev–Trinajstić information content (AvgIpc) is 2.49. The molecule has 1 aliphatic heterocycles. The Morgan fingerprint density at radius 1 is 1.30 bits per heavy atom. The van der Waals surface area contributed by atoms with Gasteiger partial charge in [0.25, 0.3) is 0 Å². The van der Waals surface area contributed by atoms with E-state index >= 15 is 0 Å². The minimum absolute atomic E-state index is 0.0218. The van der Waals surface area contributed by atoms with E-state index in [0.717, 1.165) is 0 Å². The summed E-state index contributed by atoms with van der Waals surface area (Å²) in [4.78, 5) is 12.4. The maximum absolute atomic E-state index is 12.4. The van der Waals surface area contributed by atoms with Gasteiger partial charge < -0.3 is 19.0 Å². The fraction of sp³-hybridized carbons (Fsp3) is 0.400. The van der Waals surface area contributed by atoms with E-state index < -0.39 is 11.7 Å². The number of aliphatic hydroxyl groups is 1. The molecule has 1 fully saturated rings. The maximum Gasteiger partial charge on any atom is 0.200 e. The normalized spacial score (nSPS) is 26.8. The van der Waals surface area contributed by atoms with Gasteiger partial charge in [-0.1, -0.05) is 19.1 Å². The zero-order chi connectivity index (χ0) is 14.2. The predicted molar refractivity (Wildman–Crippen MR) is 72.3 cm³/mol. The molecule has 0 unspecified atom stereocenters. The number of hydrogen-bond acceptors (Lipinski definition) is 5. The van der Waals surface area contributed by atoms with Crippen molar-refractivity contribution < 1.29 is 19.0 Å². The molecule has 20 heavy (non-hydrogen) atoms. The van der Waals surface area contributed by atoms with Crippen molar-refractivity contribution in [3.63, 3.8) is 0 Å². The summed E-state index contributed by atoms with van der Waals surface area (Å²) in [7, 11) is 0. The van der Waals surface area contributed by atoms with E-state index in [1.807, 2.05) is 13.0 Å². The number of hydrogen-bond donors (Lipinski definition) is 1. The molecule has 0 aliphatic carbocycles. The topological polar surface area (TPSA) is 68.9 Å².